The summed E-state index contributed by atoms with van der Waals surface area (Å²) >= 11 is 1.55. The molecule has 2 heterocycles. The number of thioether (sulfide) groups is 1. The summed E-state index contributed by atoms with van der Waals surface area (Å²) in [6.45, 7) is 0. The first kappa shape index (κ1) is 11.4. The van der Waals surface area contributed by atoms with E-state index in [2.05, 4.69) is 10.9 Å². The van der Waals surface area contributed by atoms with Gasteiger partial charge in [-0.1, -0.05) is 0 Å². The van der Waals surface area contributed by atoms with Crippen LogP contribution in [0, 0.1) is 0 Å². The quantitative estimate of drug-likeness (QED) is 0.745. The summed E-state index contributed by atoms with van der Waals surface area (Å²) in [5.41, 5.74) is 8.83. The first-order chi connectivity index (χ1) is 8.70. The second kappa shape index (κ2) is 4.22. The monoisotopic (exact) mass is 264 g/mol. The van der Waals surface area contributed by atoms with E-state index in [1.807, 2.05) is 18.2 Å². The van der Waals surface area contributed by atoms with E-state index in [9.17, 15) is 4.79 Å². The minimum atomic E-state index is -0.864. The van der Waals surface area contributed by atoms with Crippen LogP contribution in [0.15, 0.2) is 23.1 Å². The summed E-state index contributed by atoms with van der Waals surface area (Å²) in [6.07, 6.45) is 0. The van der Waals surface area contributed by atoms with Gasteiger partial charge in [0.25, 0.3) is 0 Å². The summed E-state index contributed by atoms with van der Waals surface area (Å²) in [4.78, 5) is 11.9. The number of carboxylic acid groups (broad SMARTS) is 1. The van der Waals surface area contributed by atoms with Gasteiger partial charge in [0.2, 0.25) is 0 Å². The van der Waals surface area contributed by atoms with E-state index in [4.69, 9.17) is 9.84 Å². The maximum atomic E-state index is 11.1. The highest BCUT2D eigenvalue weighted by Crippen LogP contribution is 2.41. The van der Waals surface area contributed by atoms with Crippen LogP contribution in [0.5, 0.6) is 5.75 Å². The third-order valence-corrected chi connectivity index (χ3v) is 4.27. The van der Waals surface area contributed by atoms with E-state index < -0.39 is 12.0 Å². The summed E-state index contributed by atoms with van der Waals surface area (Å²) in [7, 11) is 1.64. The Labute approximate surface area is 108 Å². The molecule has 1 aromatic rings. The zero-order chi connectivity index (χ0) is 12.7. The molecule has 3 N–H and O–H groups in total. The van der Waals surface area contributed by atoms with Gasteiger partial charge >= 0.3 is 5.97 Å². The fraction of sp³-hybridized carbons (Fsp3) is 0.250. The summed E-state index contributed by atoms with van der Waals surface area (Å²) in [5, 5.41) is 9.11. The van der Waals surface area contributed by atoms with Crippen molar-refractivity contribution in [2.45, 2.75) is 11.8 Å². The molecule has 0 saturated heterocycles. The van der Waals surface area contributed by atoms with Gasteiger partial charge in [-0.15, -0.1) is 11.8 Å². The van der Waals surface area contributed by atoms with Gasteiger partial charge in [-0.3, -0.25) is 4.79 Å². The molecule has 5 nitrogen and oxygen atoms in total. The fourth-order valence-electron chi connectivity index (χ4n) is 2.16. The second-order valence-corrected chi connectivity index (χ2v) is 5.11. The first-order valence-corrected chi connectivity index (χ1v) is 6.48. The lowest BCUT2D eigenvalue weighted by atomic mass is 10.0. The minimum absolute atomic E-state index is 0.653. The van der Waals surface area contributed by atoms with Crippen LogP contribution in [0.25, 0.3) is 5.70 Å². The Bertz CT molecular complexity index is 556. The molecule has 0 aliphatic carbocycles. The van der Waals surface area contributed by atoms with Crippen molar-refractivity contribution in [1.29, 1.82) is 0 Å². The van der Waals surface area contributed by atoms with Crippen LogP contribution in [0.4, 0.5) is 0 Å². The van der Waals surface area contributed by atoms with Crippen molar-refractivity contribution < 1.29 is 14.6 Å². The lowest BCUT2D eigenvalue weighted by Crippen LogP contribution is -2.38. The zero-order valence-electron chi connectivity index (χ0n) is 9.69. The number of carboxylic acids is 1. The predicted molar refractivity (Wildman–Crippen MR) is 68.9 cm³/mol. The number of nitrogens with one attached hydrogen (secondary N) is 2. The zero-order valence-corrected chi connectivity index (χ0v) is 10.5. The van der Waals surface area contributed by atoms with Crippen molar-refractivity contribution in [3.63, 3.8) is 0 Å². The molecule has 0 spiro atoms. The molecule has 0 bridgehead atoms. The molecular weight excluding hydrogens is 252 g/mol. The molecule has 94 valence electrons. The van der Waals surface area contributed by atoms with E-state index in [-0.39, 0.29) is 0 Å². The molecule has 1 unspecified atom stereocenters. The van der Waals surface area contributed by atoms with Gasteiger partial charge in [0, 0.05) is 16.2 Å². The molecule has 0 saturated carbocycles. The average molecular weight is 264 g/mol. The normalized spacial score (nSPS) is 21.1. The third-order valence-electron chi connectivity index (χ3n) is 3.06. The number of ether oxygens (including phenoxy) is 1. The summed E-state index contributed by atoms with van der Waals surface area (Å²) in [6, 6.07) is 5.18. The third kappa shape index (κ3) is 1.65. The molecular formula is C12H12N2O3S. The summed E-state index contributed by atoms with van der Waals surface area (Å²) in [5.74, 6) is 0.717. The average Bonchev–Trinajstić information content (AvgIpc) is 2.82. The van der Waals surface area contributed by atoms with E-state index in [0.717, 1.165) is 33.2 Å². The van der Waals surface area contributed by atoms with Crippen molar-refractivity contribution in [2.24, 2.45) is 0 Å². The highest BCUT2D eigenvalue weighted by Gasteiger charge is 2.35. The van der Waals surface area contributed by atoms with Crippen LogP contribution in [0.2, 0.25) is 0 Å². The number of rotatable bonds is 2. The molecule has 0 aromatic heterocycles. The fourth-order valence-corrected chi connectivity index (χ4v) is 3.34. The maximum absolute atomic E-state index is 11.1. The number of methoxy groups -OCH3 is 1. The van der Waals surface area contributed by atoms with Crippen molar-refractivity contribution in [1.82, 2.24) is 10.9 Å². The molecule has 0 fully saturated rings. The van der Waals surface area contributed by atoms with Crippen LogP contribution in [-0.4, -0.2) is 24.2 Å². The van der Waals surface area contributed by atoms with Gasteiger partial charge in [0.05, 0.1) is 12.8 Å². The standard InChI is InChI=1S/C12H12N2O3S/c1-17-7-2-3-8-6(4-7)5-18-11-9(8)13-14-10(11)12(15)16/h2-4,10,13-14H,5H2,1H3,(H,15,16). The predicted octanol–water partition coefficient (Wildman–Crippen LogP) is 1.17. The van der Waals surface area contributed by atoms with Gasteiger partial charge in [0.1, 0.15) is 5.75 Å². The summed E-state index contributed by atoms with van der Waals surface area (Å²) < 4.78 is 5.20. The van der Waals surface area contributed by atoms with Crippen molar-refractivity contribution in [3.8, 4) is 5.75 Å². The Morgan fingerprint density at radius 1 is 1.56 bits per heavy atom. The van der Waals surface area contributed by atoms with Crippen LogP contribution in [0.1, 0.15) is 11.1 Å². The minimum Gasteiger partial charge on any atom is -0.497 e. The molecule has 2 aliphatic rings. The number of hydrazine groups is 1. The molecule has 3 rings (SSSR count). The van der Waals surface area contributed by atoms with E-state index in [1.165, 1.54) is 0 Å². The Kier molecular flexibility index (Phi) is 2.68. The second-order valence-electron chi connectivity index (χ2n) is 4.09. The van der Waals surface area contributed by atoms with Gasteiger partial charge in [-0.25, -0.2) is 5.43 Å². The molecule has 1 aromatic carbocycles. The number of carbonyl (C=O) groups is 1. The van der Waals surface area contributed by atoms with Crippen LogP contribution in [-0.2, 0) is 10.5 Å². The molecule has 6 heteroatoms. The van der Waals surface area contributed by atoms with Crippen LogP contribution >= 0.6 is 11.8 Å². The molecule has 1 atom stereocenters. The number of benzene rings is 1. The lowest BCUT2D eigenvalue weighted by molar-refractivity contribution is -0.138. The molecule has 18 heavy (non-hydrogen) atoms. The van der Waals surface area contributed by atoms with Gasteiger partial charge in [-0.2, -0.15) is 0 Å². The smallest absolute Gasteiger partial charge is 0.327 e. The van der Waals surface area contributed by atoms with E-state index in [1.54, 1.807) is 18.9 Å². The number of aliphatic carboxylic acids is 1. The van der Waals surface area contributed by atoms with Crippen molar-refractivity contribution in [2.75, 3.05) is 7.11 Å². The van der Waals surface area contributed by atoms with Gasteiger partial charge in [0.15, 0.2) is 6.04 Å². The number of fused-ring (bicyclic) bond motifs is 2. The first-order valence-electron chi connectivity index (χ1n) is 5.49. The number of hydrogen-bond acceptors (Lipinski definition) is 5. The van der Waals surface area contributed by atoms with E-state index >= 15 is 0 Å². The largest absolute Gasteiger partial charge is 0.497 e. The highest BCUT2D eigenvalue weighted by atomic mass is 32.2. The van der Waals surface area contributed by atoms with E-state index in [0.29, 0.717) is 0 Å². The topological polar surface area (TPSA) is 70.6 Å². The molecule has 0 radical (unpaired) electrons. The van der Waals surface area contributed by atoms with Crippen molar-refractivity contribution in [3.05, 3.63) is 34.2 Å². The van der Waals surface area contributed by atoms with Crippen molar-refractivity contribution >= 4 is 23.4 Å². The Hall–Kier alpha value is -1.66. The number of hydrogen-bond donors (Lipinski definition) is 3. The highest BCUT2D eigenvalue weighted by molar-refractivity contribution is 8.02. The Balaban J connectivity index is 2.05. The lowest BCUT2D eigenvalue weighted by Gasteiger charge is -2.18. The van der Waals surface area contributed by atoms with Gasteiger partial charge in [-0.05, 0) is 23.8 Å². The maximum Gasteiger partial charge on any atom is 0.327 e. The Morgan fingerprint density at radius 2 is 2.39 bits per heavy atom. The molecule has 2 aliphatic heterocycles. The Morgan fingerprint density at radius 3 is 3.11 bits per heavy atom. The van der Waals surface area contributed by atoms with Crippen LogP contribution in [0.3, 0.4) is 0 Å². The van der Waals surface area contributed by atoms with Gasteiger partial charge < -0.3 is 15.3 Å². The van der Waals surface area contributed by atoms with Crippen LogP contribution < -0.4 is 15.6 Å². The molecule has 0 amide bonds. The SMILES string of the molecule is COc1ccc2c(c1)CSC1=C2NNC1C(=O)O.